The molecular weight excluding hydrogens is 326 g/mol. The number of nitrogens with one attached hydrogen (secondary N) is 2. The Hall–Kier alpha value is -1.79. The highest BCUT2D eigenvalue weighted by Gasteiger charge is 2.18. The fourth-order valence-corrected chi connectivity index (χ4v) is 2.68. The number of hydrogen-bond acceptors (Lipinski definition) is 5. The summed E-state index contributed by atoms with van der Waals surface area (Å²) in [7, 11) is 0. The Labute approximate surface area is 157 Å². The second-order valence-electron chi connectivity index (χ2n) is 6.78. The Morgan fingerprint density at radius 3 is 2.88 bits per heavy atom. The molecule has 6 heteroatoms. The minimum absolute atomic E-state index is 0.0410. The number of carbonyl (C=O) groups is 1. The number of amides is 1. The highest BCUT2D eigenvalue weighted by atomic mass is 16.1. The topological polar surface area (TPSA) is 69.6 Å². The average Bonchev–Trinajstić information content (AvgIpc) is 3.48. The summed E-state index contributed by atoms with van der Waals surface area (Å²) in [6.45, 7) is 9.30. The van der Waals surface area contributed by atoms with Crippen LogP contribution in [-0.2, 0) is 11.3 Å². The molecule has 0 unspecified atom stereocenters. The van der Waals surface area contributed by atoms with Crippen LogP contribution in [-0.4, -0.2) is 60.8 Å². The Balaban J connectivity index is 1.56. The Bertz CT molecular complexity index is 567. The number of unbranched alkanes of at least 4 members (excludes halogenated alkanes) is 1. The van der Waals surface area contributed by atoms with Crippen molar-refractivity contribution in [3.8, 4) is 0 Å². The Morgan fingerprint density at radius 1 is 1.35 bits per heavy atom. The summed E-state index contributed by atoms with van der Waals surface area (Å²) >= 11 is 0. The molecule has 2 N–H and O–H groups in total. The number of aromatic nitrogens is 1. The van der Waals surface area contributed by atoms with Crippen molar-refractivity contribution in [3.63, 3.8) is 0 Å². The van der Waals surface area contributed by atoms with Crippen LogP contribution in [0.5, 0.6) is 0 Å². The van der Waals surface area contributed by atoms with Gasteiger partial charge in [0.2, 0.25) is 5.91 Å². The summed E-state index contributed by atoms with van der Waals surface area (Å²) in [4.78, 5) is 23.1. The van der Waals surface area contributed by atoms with Gasteiger partial charge in [-0.05, 0) is 63.0 Å². The van der Waals surface area contributed by atoms with Gasteiger partial charge in [0.25, 0.3) is 0 Å². The van der Waals surface area contributed by atoms with E-state index in [1.54, 1.807) is 6.20 Å². The van der Waals surface area contributed by atoms with E-state index in [1.807, 2.05) is 18.3 Å². The third-order valence-electron chi connectivity index (χ3n) is 4.53. The number of rotatable bonds is 13. The third kappa shape index (κ3) is 8.54. The molecule has 6 nitrogen and oxygen atoms in total. The largest absolute Gasteiger partial charge is 0.355 e. The molecule has 144 valence electrons. The van der Waals surface area contributed by atoms with E-state index in [-0.39, 0.29) is 5.91 Å². The van der Waals surface area contributed by atoms with Crippen molar-refractivity contribution in [2.75, 3.05) is 32.7 Å². The van der Waals surface area contributed by atoms with Gasteiger partial charge in [-0.25, -0.2) is 0 Å². The fourth-order valence-electron chi connectivity index (χ4n) is 2.68. The van der Waals surface area contributed by atoms with Crippen LogP contribution in [0.4, 0.5) is 0 Å². The molecule has 1 aliphatic carbocycles. The van der Waals surface area contributed by atoms with Gasteiger partial charge in [-0.15, -0.1) is 0 Å². The van der Waals surface area contributed by atoms with Crippen LogP contribution in [0.1, 0.15) is 50.8 Å². The molecule has 0 aliphatic heterocycles. The van der Waals surface area contributed by atoms with Crippen LogP contribution >= 0.6 is 0 Å². The quantitative estimate of drug-likeness (QED) is 0.417. The highest BCUT2D eigenvalue weighted by molar-refractivity contribution is 5.80. The van der Waals surface area contributed by atoms with Crippen molar-refractivity contribution in [2.45, 2.75) is 52.1 Å². The summed E-state index contributed by atoms with van der Waals surface area (Å²) in [6, 6.07) is 4.50. The molecule has 0 radical (unpaired) electrons. The van der Waals surface area contributed by atoms with Gasteiger partial charge >= 0.3 is 0 Å². The van der Waals surface area contributed by atoms with E-state index in [9.17, 15) is 4.79 Å². The van der Waals surface area contributed by atoms with Crippen molar-refractivity contribution in [1.29, 1.82) is 0 Å². The van der Waals surface area contributed by atoms with Crippen molar-refractivity contribution >= 4 is 12.1 Å². The van der Waals surface area contributed by atoms with E-state index in [0.717, 1.165) is 50.3 Å². The van der Waals surface area contributed by atoms with E-state index in [0.29, 0.717) is 19.1 Å². The maximum atomic E-state index is 11.9. The average molecular weight is 360 g/mol. The van der Waals surface area contributed by atoms with Gasteiger partial charge in [0.15, 0.2) is 0 Å². The van der Waals surface area contributed by atoms with E-state index in [2.05, 4.69) is 39.4 Å². The first-order chi connectivity index (χ1) is 12.7. The second kappa shape index (κ2) is 11.8. The SMILES string of the molecule is CCN(CC)CCCCNC(=O)CNCc1cc(/C=N/C2CC2)ccn1. The van der Waals surface area contributed by atoms with Crippen LogP contribution in [0.25, 0.3) is 0 Å². The number of nitrogens with zero attached hydrogens (tertiary/aromatic N) is 3. The lowest BCUT2D eigenvalue weighted by molar-refractivity contribution is -0.120. The van der Waals surface area contributed by atoms with Crippen molar-refractivity contribution in [2.24, 2.45) is 4.99 Å². The Kier molecular flexibility index (Phi) is 9.28. The highest BCUT2D eigenvalue weighted by Crippen LogP contribution is 2.23. The summed E-state index contributed by atoms with van der Waals surface area (Å²) in [5, 5.41) is 6.12. The first kappa shape index (κ1) is 20.5. The van der Waals surface area contributed by atoms with Gasteiger partial charge in [-0.1, -0.05) is 13.8 Å². The lowest BCUT2D eigenvalue weighted by Gasteiger charge is -2.17. The van der Waals surface area contributed by atoms with Crippen molar-refractivity contribution in [3.05, 3.63) is 29.6 Å². The van der Waals surface area contributed by atoms with Crippen LogP contribution in [0.15, 0.2) is 23.3 Å². The molecule has 0 saturated heterocycles. The van der Waals surface area contributed by atoms with Crippen molar-refractivity contribution < 1.29 is 4.79 Å². The molecule has 0 bridgehead atoms. The van der Waals surface area contributed by atoms with Gasteiger partial charge in [-0.2, -0.15) is 0 Å². The number of pyridine rings is 1. The van der Waals surface area contributed by atoms with Gasteiger partial charge in [-0.3, -0.25) is 14.8 Å². The second-order valence-corrected chi connectivity index (χ2v) is 6.78. The van der Waals surface area contributed by atoms with E-state index < -0.39 is 0 Å². The predicted molar refractivity (Wildman–Crippen MR) is 107 cm³/mol. The summed E-state index contributed by atoms with van der Waals surface area (Å²) in [6.07, 6.45) is 8.27. The zero-order chi connectivity index (χ0) is 18.6. The van der Waals surface area contributed by atoms with Crippen molar-refractivity contribution in [1.82, 2.24) is 20.5 Å². The molecule has 1 aliphatic rings. The first-order valence-corrected chi connectivity index (χ1v) is 9.89. The van der Waals surface area contributed by atoms with E-state index >= 15 is 0 Å². The maximum absolute atomic E-state index is 11.9. The first-order valence-electron chi connectivity index (χ1n) is 9.89. The smallest absolute Gasteiger partial charge is 0.233 e. The van der Waals surface area contributed by atoms with Gasteiger partial charge in [0.1, 0.15) is 0 Å². The summed E-state index contributed by atoms with van der Waals surface area (Å²) < 4.78 is 0. The van der Waals surface area contributed by atoms with Crippen LogP contribution < -0.4 is 10.6 Å². The Morgan fingerprint density at radius 2 is 2.15 bits per heavy atom. The standard InChI is InChI=1S/C20H33N5O/c1-3-25(4-2)12-6-5-10-23-20(26)16-21-15-19-13-17(9-11-22-19)14-24-18-7-8-18/h9,11,13-14,18,21H,3-8,10,12,15-16H2,1-2H3,(H,23,26)/b24-14+. The number of hydrogen-bond donors (Lipinski definition) is 2. The molecule has 0 atom stereocenters. The summed E-state index contributed by atoms with van der Waals surface area (Å²) in [5.74, 6) is 0.0410. The molecule has 1 aromatic rings. The predicted octanol–water partition coefficient (Wildman–Crippen LogP) is 1.99. The fraction of sp³-hybridized carbons (Fsp3) is 0.650. The van der Waals surface area contributed by atoms with Crippen LogP contribution in [0.2, 0.25) is 0 Å². The van der Waals surface area contributed by atoms with E-state index in [4.69, 9.17) is 0 Å². The van der Waals surface area contributed by atoms with Gasteiger partial charge in [0, 0.05) is 25.5 Å². The van der Waals surface area contributed by atoms with Gasteiger partial charge in [0.05, 0.1) is 18.3 Å². The third-order valence-corrected chi connectivity index (χ3v) is 4.53. The van der Waals surface area contributed by atoms with Crippen LogP contribution in [0, 0.1) is 0 Å². The number of carbonyl (C=O) groups excluding carboxylic acids is 1. The molecule has 1 saturated carbocycles. The lowest BCUT2D eigenvalue weighted by atomic mass is 10.2. The van der Waals surface area contributed by atoms with Crippen LogP contribution in [0.3, 0.4) is 0 Å². The molecule has 26 heavy (non-hydrogen) atoms. The molecular formula is C20H33N5O. The zero-order valence-corrected chi connectivity index (χ0v) is 16.2. The number of aliphatic imine (C=N–C) groups is 1. The van der Waals surface area contributed by atoms with E-state index in [1.165, 1.54) is 12.8 Å². The monoisotopic (exact) mass is 359 g/mol. The maximum Gasteiger partial charge on any atom is 0.233 e. The normalized spacial score (nSPS) is 14.3. The molecule has 0 aromatic carbocycles. The molecule has 2 rings (SSSR count). The molecule has 1 heterocycles. The molecule has 0 spiro atoms. The molecule has 1 aromatic heterocycles. The van der Waals surface area contributed by atoms with Gasteiger partial charge < -0.3 is 15.5 Å². The minimum Gasteiger partial charge on any atom is -0.355 e. The summed E-state index contributed by atoms with van der Waals surface area (Å²) in [5.41, 5.74) is 2.00. The molecule has 1 amide bonds. The lowest BCUT2D eigenvalue weighted by Crippen LogP contribution is -2.34. The zero-order valence-electron chi connectivity index (χ0n) is 16.2. The molecule has 1 fully saturated rings. The minimum atomic E-state index is 0.0410.